The van der Waals surface area contributed by atoms with Gasteiger partial charge < -0.3 is 10.6 Å². The molecule has 1 aromatic rings. The molecule has 2 heteroatoms. The Morgan fingerprint density at radius 3 is 2.47 bits per heavy atom. The normalized spacial score (nSPS) is 24.3. The number of benzene rings is 1. The summed E-state index contributed by atoms with van der Waals surface area (Å²) in [6.07, 6.45) is 1.29. The summed E-state index contributed by atoms with van der Waals surface area (Å²) in [6, 6.07) is 8.95. The minimum Gasteiger partial charge on any atom is -0.324 e. The van der Waals surface area contributed by atoms with Gasteiger partial charge in [0.15, 0.2) is 0 Å². The van der Waals surface area contributed by atoms with Gasteiger partial charge in [0.05, 0.1) is 0 Å². The fraction of sp³-hybridized carbons (Fsp3) is 0.538. The van der Waals surface area contributed by atoms with Crippen molar-refractivity contribution >= 4 is 0 Å². The molecule has 82 valence electrons. The average molecular weight is 204 g/mol. The van der Waals surface area contributed by atoms with Gasteiger partial charge in [-0.3, -0.25) is 0 Å². The van der Waals surface area contributed by atoms with Crippen LogP contribution >= 0.6 is 0 Å². The van der Waals surface area contributed by atoms with E-state index in [4.69, 9.17) is 5.73 Å². The Bertz CT molecular complexity index is 316. The van der Waals surface area contributed by atoms with Crippen LogP contribution in [-0.4, -0.2) is 25.0 Å². The summed E-state index contributed by atoms with van der Waals surface area (Å²) in [6.45, 7) is 4.44. The van der Waals surface area contributed by atoms with Crippen LogP contribution in [0.15, 0.2) is 24.3 Å². The van der Waals surface area contributed by atoms with Crippen LogP contribution in [0, 0.1) is 0 Å². The first-order chi connectivity index (χ1) is 7.16. The Kier molecular flexibility index (Phi) is 3.08. The van der Waals surface area contributed by atoms with Crippen LogP contribution in [0.2, 0.25) is 0 Å². The van der Waals surface area contributed by atoms with Crippen LogP contribution in [0.3, 0.4) is 0 Å². The zero-order chi connectivity index (χ0) is 10.8. The molecule has 2 unspecified atom stereocenters. The minimum atomic E-state index is 0.144. The zero-order valence-electron chi connectivity index (χ0n) is 9.61. The third-order valence-corrected chi connectivity index (χ3v) is 3.32. The molecule has 1 aromatic carbocycles. The SMILES string of the molecule is CC(N)c1ccc(C2CCN(C)C2)cc1. The maximum atomic E-state index is 5.83. The second kappa shape index (κ2) is 4.33. The van der Waals surface area contributed by atoms with Crippen molar-refractivity contribution in [2.24, 2.45) is 5.73 Å². The number of likely N-dealkylation sites (N-methyl/N-ethyl adjacent to an activating group) is 1. The second-order valence-corrected chi connectivity index (χ2v) is 4.70. The number of nitrogens with two attached hydrogens (primary N) is 1. The van der Waals surface area contributed by atoms with E-state index < -0.39 is 0 Å². The maximum absolute atomic E-state index is 5.83. The van der Waals surface area contributed by atoms with E-state index in [0.717, 1.165) is 5.92 Å². The highest BCUT2D eigenvalue weighted by atomic mass is 15.1. The number of hydrogen-bond acceptors (Lipinski definition) is 2. The molecule has 0 bridgehead atoms. The van der Waals surface area contributed by atoms with Crippen molar-refractivity contribution in [1.29, 1.82) is 0 Å². The van der Waals surface area contributed by atoms with Gasteiger partial charge in [0.1, 0.15) is 0 Å². The van der Waals surface area contributed by atoms with Crippen LogP contribution in [-0.2, 0) is 0 Å². The van der Waals surface area contributed by atoms with Gasteiger partial charge in [-0.05, 0) is 44.0 Å². The topological polar surface area (TPSA) is 29.3 Å². The summed E-state index contributed by atoms with van der Waals surface area (Å²) < 4.78 is 0. The molecule has 0 spiro atoms. The third kappa shape index (κ3) is 2.39. The molecule has 1 heterocycles. The molecule has 2 N–H and O–H groups in total. The predicted octanol–water partition coefficient (Wildman–Crippen LogP) is 2.13. The van der Waals surface area contributed by atoms with Crippen LogP contribution in [0.25, 0.3) is 0 Å². The summed E-state index contributed by atoms with van der Waals surface area (Å²) >= 11 is 0. The smallest absolute Gasteiger partial charge is 0.0266 e. The maximum Gasteiger partial charge on any atom is 0.0266 e. The Hall–Kier alpha value is -0.860. The number of rotatable bonds is 2. The van der Waals surface area contributed by atoms with Crippen LogP contribution in [0.4, 0.5) is 0 Å². The van der Waals surface area contributed by atoms with E-state index in [0.29, 0.717) is 0 Å². The molecular formula is C13H20N2. The third-order valence-electron chi connectivity index (χ3n) is 3.32. The molecule has 1 saturated heterocycles. The van der Waals surface area contributed by atoms with Crippen molar-refractivity contribution in [3.05, 3.63) is 35.4 Å². The summed E-state index contributed by atoms with van der Waals surface area (Å²) in [5.74, 6) is 0.720. The minimum absolute atomic E-state index is 0.144. The fourth-order valence-electron chi connectivity index (χ4n) is 2.28. The second-order valence-electron chi connectivity index (χ2n) is 4.70. The van der Waals surface area contributed by atoms with E-state index in [2.05, 4.69) is 36.2 Å². The lowest BCUT2D eigenvalue weighted by molar-refractivity contribution is 0.411. The largest absolute Gasteiger partial charge is 0.324 e. The number of nitrogens with zero attached hydrogens (tertiary/aromatic N) is 1. The highest BCUT2D eigenvalue weighted by molar-refractivity contribution is 5.27. The molecular weight excluding hydrogens is 184 g/mol. The summed E-state index contributed by atoms with van der Waals surface area (Å²) in [7, 11) is 2.19. The molecule has 2 atom stereocenters. The lowest BCUT2D eigenvalue weighted by Crippen LogP contribution is -2.13. The highest BCUT2D eigenvalue weighted by Gasteiger charge is 2.20. The van der Waals surface area contributed by atoms with Gasteiger partial charge >= 0.3 is 0 Å². The first-order valence-electron chi connectivity index (χ1n) is 5.71. The van der Waals surface area contributed by atoms with E-state index >= 15 is 0 Å². The van der Waals surface area contributed by atoms with Crippen molar-refractivity contribution in [1.82, 2.24) is 4.90 Å². The molecule has 0 amide bonds. The van der Waals surface area contributed by atoms with Crippen molar-refractivity contribution in [2.75, 3.05) is 20.1 Å². The number of likely N-dealkylation sites (tertiary alicyclic amines) is 1. The van der Waals surface area contributed by atoms with Crippen molar-refractivity contribution in [2.45, 2.75) is 25.3 Å². The average Bonchev–Trinajstić information content (AvgIpc) is 2.65. The van der Waals surface area contributed by atoms with Gasteiger partial charge in [-0.15, -0.1) is 0 Å². The van der Waals surface area contributed by atoms with Crippen LogP contribution < -0.4 is 5.73 Å². The van der Waals surface area contributed by atoms with E-state index in [1.807, 2.05) is 6.92 Å². The molecule has 2 rings (SSSR count). The standard InChI is InChI=1S/C13H20N2/c1-10(14)11-3-5-12(6-4-11)13-7-8-15(2)9-13/h3-6,10,13H,7-9,14H2,1-2H3. The fourth-order valence-corrected chi connectivity index (χ4v) is 2.28. The van der Waals surface area contributed by atoms with E-state index in [-0.39, 0.29) is 6.04 Å². The van der Waals surface area contributed by atoms with Gasteiger partial charge in [-0.1, -0.05) is 24.3 Å². The Morgan fingerprint density at radius 1 is 1.33 bits per heavy atom. The molecule has 1 aliphatic heterocycles. The Labute approximate surface area is 92.1 Å². The van der Waals surface area contributed by atoms with Gasteiger partial charge in [-0.25, -0.2) is 0 Å². The highest BCUT2D eigenvalue weighted by Crippen LogP contribution is 2.26. The Morgan fingerprint density at radius 2 is 2.00 bits per heavy atom. The Balaban J connectivity index is 2.10. The molecule has 15 heavy (non-hydrogen) atoms. The predicted molar refractivity (Wildman–Crippen MR) is 63.9 cm³/mol. The van der Waals surface area contributed by atoms with Crippen molar-refractivity contribution in [3.63, 3.8) is 0 Å². The van der Waals surface area contributed by atoms with Crippen LogP contribution in [0.5, 0.6) is 0 Å². The molecule has 0 aliphatic carbocycles. The molecule has 0 radical (unpaired) electrons. The first kappa shape index (κ1) is 10.7. The summed E-state index contributed by atoms with van der Waals surface area (Å²) in [4.78, 5) is 2.39. The first-order valence-corrected chi connectivity index (χ1v) is 5.71. The van der Waals surface area contributed by atoms with E-state index in [1.165, 1.54) is 30.6 Å². The van der Waals surface area contributed by atoms with Gasteiger partial charge in [0.2, 0.25) is 0 Å². The van der Waals surface area contributed by atoms with Gasteiger partial charge in [0.25, 0.3) is 0 Å². The van der Waals surface area contributed by atoms with Crippen molar-refractivity contribution in [3.8, 4) is 0 Å². The van der Waals surface area contributed by atoms with Gasteiger partial charge in [-0.2, -0.15) is 0 Å². The van der Waals surface area contributed by atoms with Gasteiger partial charge in [0, 0.05) is 12.6 Å². The van der Waals surface area contributed by atoms with E-state index in [1.54, 1.807) is 0 Å². The molecule has 1 aliphatic rings. The molecule has 0 saturated carbocycles. The zero-order valence-corrected chi connectivity index (χ0v) is 9.61. The van der Waals surface area contributed by atoms with Crippen LogP contribution in [0.1, 0.15) is 36.4 Å². The van der Waals surface area contributed by atoms with E-state index in [9.17, 15) is 0 Å². The molecule has 2 nitrogen and oxygen atoms in total. The lowest BCUT2D eigenvalue weighted by atomic mass is 9.96. The quantitative estimate of drug-likeness (QED) is 0.799. The van der Waals surface area contributed by atoms with Crippen molar-refractivity contribution < 1.29 is 0 Å². The lowest BCUT2D eigenvalue weighted by Gasteiger charge is -2.12. The summed E-state index contributed by atoms with van der Waals surface area (Å²) in [5, 5.41) is 0. The summed E-state index contributed by atoms with van der Waals surface area (Å²) in [5.41, 5.74) is 8.52. The monoisotopic (exact) mass is 204 g/mol. The molecule has 0 aromatic heterocycles. The molecule has 1 fully saturated rings. The number of hydrogen-bond donors (Lipinski definition) is 1.